The van der Waals surface area contributed by atoms with Gasteiger partial charge in [-0.2, -0.15) is 0 Å². The number of ether oxygens (including phenoxy) is 2. The molecule has 2 aromatic rings. The van der Waals surface area contributed by atoms with Gasteiger partial charge in [-0.25, -0.2) is 4.99 Å². The molecule has 0 aliphatic carbocycles. The molecular weight excluding hydrogens is 354 g/mol. The van der Waals surface area contributed by atoms with Crippen molar-refractivity contribution < 1.29 is 14.3 Å². The summed E-state index contributed by atoms with van der Waals surface area (Å²) in [5.74, 6) is 1.50. The molecule has 1 atom stereocenters. The Hall–Kier alpha value is -3.28. The van der Waals surface area contributed by atoms with Gasteiger partial charge >= 0.3 is 0 Å². The van der Waals surface area contributed by atoms with E-state index in [-0.39, 0.29) is 11.7 Å². The lowest BCUT2D eigenvalue weighted by Crippen LogP contribution is -2.36. The Kier molecular flexibility index (Phi) is 5.99. The number of Topliss-reactive ketones (excluding diaryl/α,β-unsaturated/α-hetero) is 1. The van der Waals surface area contributed by atoms with Gasteiger partial charge in [0, 0.05) is 11.3 Å². The Labute approximate surface area is 165 Å². The number of allylic oxidation sites excluding steroid dienone is 1. The molecule has 0 radical (unpaired) electrons. The van der Waals surface area contributed by atoms with Crippen LogP contribution < -0.4 is 20.5 Å². The van der Waals surface area contributed by atoms with Gasteiger partial charge in [-0.3, -0.25) is 4.79 Å². The molecule has 0 saturated carbocycles. The van der Waals surface area contributed by atoms with Gasteiger partial charge in [-0.1, -0.05) is 36.4 Å². The number of benzene rings is 2. The molecule has 146 valence electrons. The van der Waals surface area contributed by atoms with Crippen LogP contribution in [-0.2, 0) is 11.4 Å². The summed E-state index contributed by atoms with van der Waals surface area (Å²) < 4.78 is 11.7. The molecule has 6 heteroatoms. The van der Waals surface area contributed by atoms with Gasteiger partial charge in [-0.15, -0.1) is 0 Å². The van der Waals surface area contributed by atoms with Crippen LogP contribution in [0.3, 0.4) is 0 Å². The average Bonchev–Trinajstić information content (AvgIpc) is 2.67. The molecule has 0 spiro atoms. The number of carbonyl (C=O) groups excluding carboxylic acids is 1. The first kappa shape index (κ1) is 19.5. The second kappa shape index (κ2) is 8.61. The second-order valence-electron chi connectivity index (χ2n) is 6.55. The normalized spacial score (nSPS) is 16.2. The van der Waals surface area contributed by atoms with E-state index in [1.54, 1.807) is 0 Å². The van der Waals surface area contributed by atoms with E-state index in [1.807, 2.05) is 62.4 Å². The zero-order valence-electron chi connectivity index (χ0n) is 16.4. The molecule has 28 heavy (non-hydrogen) atoms. The largest absolute Gasteiger partial charge is 0.490 e. The van der Waals surface area contributed by atoms with E-state index in [4.69, 9.17) is 15.2 Å². The molecule has 6 nitrogen and oxygen atoms in total. The molecule has 1 aliphatic rings. The second-order valence-corrected chi connectivity index (χ2v) is 6.55. The molecular formula is C22H25N3O3. The van der Waals surface area contributed by atoms with Crippen LogP contribution in [0.5, 0.6) is 11.5 Å². The van der Waals surface area contributed by atoms with Crippen molar-refractivity contribution in [2.45, 2.75) is 33.4 Å². The number of ketones is 1. The van der Waals surface area contributed by atoms with Crippen LogP contribution in [0.1, 0.15) is 37.9 Å². The first-order valence-corrected chi connectivity index (χ1v) is 9.25. The summed E-state index contributed by atoms with van der Waals surface area (Å²) >= 11 is 0. The Morgan fingerprint density at radius 3 is 2.57 bits per heavy atom. The van der Waals surface area contributed by atoms with Crippen molar-refractivity contribution in [3.8, 4) is 11.5 Å². The zero-order chi connectivity index (χ0) is 20.1. The standard InChI is InChI=1S/C22H25N3O3/c1-4-27-19-12-17(21-20(15(3)26)14(2)24-22(23)25-21)10-11-18(19)28-13-16-8-6-5-7-9-16/h5-12,21H,4,13H2,1-3H3,(H3,23,24,25)/t21-/m0/s1. The first-order chi connectivity index (χ1) is 13.5. The molecule has 0 aromatic heterocycles. The zero-order valence-corrected chi connectivity index (χ0v) is 16.4. The van der Waals surface area contributed by atoms with Crippen molar-refractivity contribution in [1.82, 2.24) is 5.32 Å². The number of nitrogens with two attached hydrogens (primary N) is 1. The van der Waals surface area contributed by atoms with Crippen LogP contribution in [0, 0.1) is 0 Å². The van der Waals surface area contributed by atoms with Gasteiger partial charge < -0.3 is 20.5 Å². The van der Waals surface area contributed by atoms with Crippen LogP contribution in [0.15, 0.2) is 64.8 Å². The minimum absolute atomic E-state index is 0.0476. The highest BCUT2D eigenvalue weighted by molar-refractivity contribution is 5.98. The first-order valence-electron chi connectivity index (χ1n) is 9.25. The van der Waals surface area contributed by atoms with Crippen LogP contribution in [-0.4, -0.2) is 18.3 Å². The third kappa shape index (κ3) is 4.34. The molecule has 3 rings (SSSR count). The van der Waals surface area contributed by atoms with E-state index in [2.05, 4.69) is 10.3 Å². The highest BCUT2D eigenvalue weighted by atomic mass is 16.5. The third-order valence-electron chi connectivity index (χ3n) is 4.46. The maximum absolute atomic E-state index is 12.2. The monoisotopic (exact) mass is 379 g/mol. The smallest absolute Gasteiger partial charge is 0.193 e. The van der Waals surface area contributed by atoms with E-state index in [0.717, 1.165) is 11.1 Å². The topological polar surface area (TPSA) is 85.9 Å². The minimum atomic E-state index is -0.471. The van der Waals surface area contributed by atoms with Crippen molar-refractivity contribution in [2.75, 3.05) is 6.61 Å². The van der Waals surface area contributed by atoms with Gasteiger partial charge in [0.15, 0.2) is 23.2 Å². The van der Waals surface area contributed by atoms with Crippen molar-refractivity contribution in [2.24, 2.45) is 10.7 Å². The van der Waals surface area contributed by atoms with Crippen molar-refractivity contribution in [3.63, 3.8) is 0 Å². The lowest BCUT2D eigenvalue weighted by molar-refractivity contribution is -0.114. The van der Waals surface area contributed by atoms with Gasteiger partial charge in [-0.05, 0) is 44.0 Å². The molecule has 1 heterocycles. The maximum atomic E-state index is 12.2. The fourth-order valence-corrected chi connectivity index (χ4v) is 3.22. The van der Waals surface area contributed by atoms with E-state index in [9.17, 15) is 4.79 Å². The molecule has 3 N–H and O–H groups in total. The number of rotatable bonds is 7. The highest BCUT2D eigenvalue weighted by Gasteiger charge is 2.27. The molecule has 0 saturated heterocycles. The van der Waals surface area contributed by atoms with Crippen LogP contribution in [0.25, 0.3) is 0 Å². The fraction of sp³-hybridized carbons (Fsp3) is 0.273. The lowest BCUT2D eigenvalue weighted by atomic mass is 9.93. The number of aliphatic imine (C=N–C) groups is 1. The molecule has 0 bridgehead atoms. The Morgan fingerprint density at radius 1 is 1.14 bits per heavy atom. The van der Waals surface area contributed by atoms with E-state index < -0.39 is 6.04 Å². The number of guanidine groups is 1. The average molecular weight is 379 g/mol. The quantitative estimate of drug-likeness (QED) is 0.769. The summed E-state index contributed by atoms with van der Waals surface area (Å²) in [5.41, 5.74) is 9.09. The van der Waals surface area contributed by atoms with Gasteiger partial charge in [0.2, 0.25) is 0 Å². The number of hydrogen-bond donors (Lipinski definition) is 2. The van der Waals surface area contributed by atoms with E-state index >= 15 is 0 Å². The van der Waals surface area contributed by atoms with Crippen molar-refractivity contribution >= 4 is 11.7 Å². The summed E-state index contributed by atoms with van der Waals surface area (Å²) in [5, 5.41) is 2.93. The molecule has 2 aromatic carbocycles. The number of hydrogen-bond acceptors (Lipinski definition) is 6. The van der Waals surface area contributed by atoms with E-state index in [1.165, 1.54) is 6.92 Å². The van der Waals surface area contributed by atoms with Gasteiger partial charge in [0.05, 0.1) is 6.61 Å². The van der Waals surface area contributed by atoms with Crippen LogP contribution >= 0.6 is 0 Å². The van der Waals surface area contributed by atoms with Crippen LogP contribution in [0.2, 0.25) is 0 Å². The Morgan fingerprint density at radius 2 is 1.89 bits per heavy atom. The number of nitrogens with zero attached hydrogens (tertiary/aromatic N) is 1. The van der Waals surface area contributed by atoms with E-state index in [0.29, 0.717) is 36.0 Å². The van der Waals surface area contributed by atoms with Gasteiger partial charge in [0.25, 0.3) is 0 Å². The highest BCUT2D eigenvalue weighted by Crippen LogP contribution is 2.36. The predicted molar refractivity (Wildman–Crippen MR) is 109 cm³/mol. The summed E-state index contributed by atoms with van der Waals surface area (Å²) in [4.78, 5) is 16.6. The maximum Gasteiger partial charge on any atom is 0.193 e. The molecule has 0 fully saturated rings. The minimum Gasteiger partial charge on any atom is -0.490 e. The summed E-state index contributed by atoms with van der Waals surface area (Å²) in [6.45, 7) is 6.21. The Balaban J connectivity index is 1.91. The van der Waals surface area contributed by atoms with Crippen LogP contribution in [0.4, 0.5) is 0 Å². The molecule has 1 aliphatic heterocycles. The van der Waals surface area contributed by atoms with Crippen molar-refractivity contribution in [3.05, 3.63) is 70.9 Å². The number of carbonyl (C=O) groups is 1. The third-order valence-corrected chi connectivity index (χ3v) is 4.46. The fourth-order valence-electron chi connectivity index (χ4n) is 3.22. The van der Waals surface area contributed by atoms with Crippen molar-refractivity contribution in [1.29, 1.82) is 0 Å². The number of nitrogens with one attached hydrogen (secondary N) is 1. The SMILES string of the molecule is CCOc1cc([C@@H]2N=C(N)NC(C)=C2C(C)=O)ccc1OCc1ccccc1. The lowest BCUT2D eigenvalue weighted by Gasteiger charge is -2.25. The predicted octanol–water partition coefficient (Wildman–Crippen LogP) is 3.49. The molecule has 0 amide bonds. The summed E-state index contributed by atoms with van der Waals surface area (Å²) in [7, 11) is 0. The summed E-state index contributed by atoms with van der Waals surface area (Å²) in [6, 6.07) is 15.1. The van der Waals surface area contributed by atoms with Gasteiger partial charge in [0.1, 0.15) is 12.6 Å². The molecule has 0 unspecified atom stereocenters. The Bertz CT molecular complexity index is 920. The summed E-state index contributed by atoms with van der Waals surface area (Å²) in [6.07, 6.45) is 0.